The van der Waals surface area contributed by atoms with E-state index in [0.717, 1.165) is 44.5 Å². The minimum absolute atomic E-state index is 0.486. The minimum atomic E-state index is -0.952. The van der Waals surface area contributed by atoms with Crippen molar-refractivity contribution >= 4 is 11.9 Å². The van der Waals surface area contributed by atoms with Crippen molar-refractivity contribution in [2.75, 3.05) is 0 Å². The summed E-state index contributed by atoms with van der Waals surface area (Å²) in [6.07, 6.45) is 8.37. The van der Waals surface area contributed by atoms with Crippen molar-refractivity contribution < 1.29 is 24.4 Å². The van der Waals surface area contributed by atoms with Crippen LogP contribution in [-0.2, 0) is 22.7 Å². The predicted molar refractivity (Wildman–Crippen MR) is 88.3 cm³/mol. The molecule has 0 aliphatic heterocycles. The fourth-order valence-electron chi connectivity index (χ4n) is 2.53. The van der Waals surface area contributed by atoms with Crippen molar-refractivity contribution in [2.24, 2.45) is 11.5 Å². The lowest BCUT2D eigenvalue weighted by atomic mass is 10.1. The van der Waals surface area contributed by atoms with E-state index in [4.69, 9.17) is 21.7 Å². The molecule has 0 bridgehead atoms. The highest BCUT2D eigenvalue weighted by Gasteiger charge is 2.13. The third-order valence-electron chi connectivity index (χ3n) is 4.07. The molecule has 0 aliphatic carbocycles. The summed E-state index contributed by atoms with van der Waals surface area (Å²) >= 11 is 0. The number of aromatic nitrogens is 2. The van der Waals surface area contributed by atoms with Crippen molar-refractivity contribution in [1.29, 1.82) is 0 Å². The number of imidazole rings is 1. The Labute approximate surface area is 142 Å². The molecule has 0 saturated carbocycles. The lowest BCUT2D eigenvalue weighted by Crippen LogP contribution is -2.32. The largest absolute Gasteiger partial charge is 0.480 e. The summed E-state index contributed by atoms with van der Waals surface area (Å²) in [4.78, 5) is 21.3. The summed E-state index contributed by atoms with van der Waals surface area (Å²) in [5, 5.41) is 17.5. The molecular formula is C16H29N4O4+. The Kier molecular flexibility index (Phi) is 8.42. The molecule has 136 valence electrons. The van der Waals surface area contributed by atoms with Gasteiger partial charge < -0.3 is 21.7 Å². The molecule has 0 saturated heterocycles. The number of rotatable bonds is 12. The van der Waals surface area contributed by atoms with Gasteiger partial charge in [-0.15, -0.1) is 0 Å². The Morgan fingerprint density at radius 3 is 2.17 bits per heavy atom. The molecule has 0 aliphatic rings. The van der Waals surface area contributed by atoms with E-state index in [2.05, 4.69) is 15.3 Å². The van der Waals surface area contributed by atoms with Crippen LogP contribution in [0, 0.1) is 6.92 Å². The fraction of sp³-hybridized carbons (Fsp3) is 0.688. The summed E-state index contributed by atoms with van der Waals surface area (Å²) in [7, 11) is 0. The third kappa shape index (κ3) is 7.10. The summed E-state index contributed by atoms with van der Waals surface area (Å²) in [6.45, 7) is 3.68. The predicted octanol–water partition coefficient (Wildman–Crippen LogP) is 0.248. The number of unbranched alkanes of at least 4 members (excludes halogenated alkanes) is 2. The van der Waals surface area contributed by atoms with Gasteiger partial charge in [0.1, 0.15) is 24.0 Å². The van der Waals surface area contributed by atoms with Crippen LogP contribution >= 0.6 is 0 Å². The zero-order valence-electron chi connectivity index (χ0n) is 14.2. The molecule has 1 heterocycles. The molecule has 2 atom stereocenters. The van der Waals surface area contributed by atoms with Crippen LogP contribution in [0.5, 0.6) is 0 Å². The number of carbonyl (C=O) groups is 2. The minimum Gasteiger partial charge on any atom is -0.480 e. The first-order valence-corrected chi connectivity index (χ1v) is 8.34. The molecule has 0 radical (unpaired) electrons. The summed E-state index contributed by atoms with van der Waals surface area (Å²) in [6, 6.07) is -1.56. The van der Waals surface area contributed by atoms with Gasteiger partial charge in [0.25, 0.3) is 0 Å². The van der Waals surface area contributed by atoms with E-state index in [1.54, 1.807) is 0 Å². The molecule has 8 nitrogen and oxygen atoms in total. The van der Waals surface area contributed by atoms with E-state index in [0.29, 0.717) is 12.8 Å². The number of hydrogen-bond acceptors (Lipinski definition) is 4. The van der Waals surface area contributed by atoms with E-state index in [1.807, 2.05) is 13.3 Å². The zero-order valence-corrected chi connectivity index (χ0v) is 14.2. The van der Waals surface area contributed by atoms with Crippen LogP contribution in [0.2, 0.25) is 0 Å². The molecule has 1 aromatic rings. The Morgan fingerprint density at radius 1 is 1.08 bits per heavy atom. The standard InChI is InChI=1S/C16H28N4O4/c1-12-10-19(8-4-2-6-13(17)15(21)22)11-20(12)9-5-3-7-14(18)16(23)24/h10-11,13-14H,2-9,17-18H2,1H3,(H-,21,22,23,24)/p+1/t13-,14+/m1/s1. The van der Waals surface area contributed by atoms with Crippen LogP contribution in [0.4, 0.5) is 0 Å². The van der Waals surface area contributed by atoms with Crippen molar-refractivity contribution in [3.63, 3.8) is 0 Å². The number of nitrogens with zero attached hydrogens (tertiary/aromatic N) is 2. The van der Waals surface area contributed by atoms with Crippen LogP contribution in [0.25, 0.3) is 0 Å². The van der Waals surface area contributed by atoms with Crippen LogP contribution in [0.15, 0.2) is 12.5 Å². The fourth-order valence-corrected chi connectivity index (χ4v) is 2.53. The van der Waals surface area contributed by atoms with Gasteiger partial charge in [0.15, 0.2) is 0 Å². The number of carboxylic acids is 2. The van der Waals surface area contributed by atoms with Crippen LogP contribution in [-0.4, -0.2) is 38.8 Å². The molecule has 1 rings (SSSR count). The summed E-state index contributed by atoms with van der Waals surface area (Å²) in [5.74, 6) is -1.90. The maximum Gasteiger partial charge on any atom is 0.320 e. The maximum absolute atomic E-state index is 10.7. The monoisotopic (exact) mass is 341 g/mol. The van der Waals surface area contributed by atoms with E-state index < -0.39 is 24.0 Å². The highest BCUT2D eigenvalue weighted by molar-refractivity contribution is 5.73. The van der Waals surface area contributed by atoms with E-state index >= 15 is 0 Å². The van der Waals surface area contributed by atoms with Gasteiger partial charge in [0, 0.05) is 6.92 Å². The lowest BCUT2D eigenvalue weighted by Gasteiger charge is -2.05. The lowest BCUT2D eigenvalue weighted by molar-refractivity contribution is -0.697. The Balaban J connectivity index is 2.29. The first-order valence-electron chi connectivity index (χ1n) is 8.34. The third-order valence-corrected chi connectivity index (χ3v) is 4.07. The van der Waals surface area contributed by atoms with Crippen LogP contribution < -0.4 is 16.0 Å². The van der Waals surface area contributed by atoms with Crippen LogP contribution in [0.1, 0.15) is 44.2 Å². The second kappa shape index (κ2) is 10.0. The second-order valence-corrected chi connectivity index (χ2v) is 6.20. The molecule has 0 spiro atoms. The average molecular weight is 341 g/mol. The van der Waals surface area contributed by atoms with E-state index in [-0.39, 0.29) is 0 Å². The Hall–Kier alpha value is -1.93. The van der Waals surface area contributed by atoms with Gasteiger partial charge in [-0.2, -0.15) is 0 Å². The quantitative estimate of drug-likeness (QED) is 0.318. The molecule has 1 aromatic heterocycles. The molecule has 0 aromatic carbocycles. The number of nitrogens with two attached hydrogens (primary N) is 2. The van der Waals surface area contributed by atoms with Crippen molar-refractivity contribution in [3.8, 4) is 0 Å². The van der Waals surface area contributed by atoms with Gasteiger partial charge in [-0.05, 0) is 38.5 Å². The molecule has 24 heavy (non-hydrogen) atoms. The van der Waals surface area contributed by atoms with Gasteiger partial charge in [0.05, 0.1) is 13.1 Å². The zero-order chi connectivity index (χ0) is 18.1. The maximum atomic E-state index is 10.7. The smallest absolute Gasteiger partial charge is 0.320 e. The van der Waals surface area contributed by atoms with Crippen molar-refractivity contribution in [3.05, 3.63) is 18.2 Å². The highest BCUT2D eigenvalue weighted by Crippen LogP contribution is 2.05. The second-order valence-electron chi connectivity index (χ2n) is 6.20. The molecule has 0 fully saturated rings. The van der Waals surface area contributed by atoms with Gasteiger partial charge in [-0.1, -0.05) is 0 Å². The van der Waals surface area contributed by atoms with Crippen molar-refractivity contribution in [1.82, 2.24) is 4.57 Å². The Morgan fingerprint density at radius 2 is 1.62 bits per heavy atom. The van der Waals surface area contributed by atoms with E-state index in [1.165, 1.54) is 0 Å². The number of carboxylic acid groups (broad SMARTS) is 2. The summed E-state index contributed by atoms with van der Waals surface area (Å²) < 4.78 is 4.22. The Bertz CT molecular complexity index is 544. The van der Waals surface area contributed by atoms with Gasteiger partial charge >= 0.3 is 11.9 Å². The first-order chi connectivity index (χ1) is 11.3. The van der Waals surface area contributed by atoms with Gasteiger partial charge in [-0.3, -0.25) is 9.59 Å². The molecule has 0 unspecified atom stereocenters. The molecule has 0 amide bonds. The average Bonchev–Trinajstić information content (AvgIpc) is 2.87. The number of aliphatic carboxylic acids is 2. The van der Waals surface area contributed by atoms with Crippen molar-refractivity contribution in [2.45, 2.75) is 70.6 Å². The first kappa shape index (κ1) is 20.1. The van der Waals surface area contributed by atoms with Gasteiger partial charge in [-0.25, -0.2) is 9.13 Å². The molecule has 8 heteroatoms. The SMILES string of the molecule is Cc1c[n+](CCCC[C@@H](N)C(=O)O)cn1CCCC[C@H](N)C(=O)O. The van der Waals surface area contributed by atoms with E-state index in [9.17, 15) is 9.59 Å². The summed E-state index contributed by atoms with van der Waals surface area (Å²) in [5.41, 5.74) is 12.1. The molecule has 6 N–H and O–H groups in total. The highest BCUT2D eigenvalue weighted by atomic mass is 16.4. The topological polar surface area (TPSA) is 135 Å². The molecular weight excluding hydrogens is 312 g/mol. The normalized spacial score (nSPS) is 13.6. The van der Waals surface area contributed by atoms with Gasteiger partial charge in [0.2, 0.25) is 6.33 Å². The number of hydrogen-bond donors (Lipinski definition) is 4. The number of aryl methyl sites for hydroxylation is 3. The van der Waals surface area contributed by atoms with Crippen LogP contribution in [0.3, 0.4) is 0 Å².